The van der Waals surface area contributed by atoms with Crippen LogP contribution in [0.15, 0.2) is 0 Å². The van der Waals surface area contributed by atoms with Gasteiger partial charge in [-0.05, 0) is 7.05 Å². The third kappa shape index (κ3) is 16.3. The number of nitrogens with zero attached hydrogens (tertiary/aromatic N) is 2. The van der Waals surface area contributed by atoms with Crippen molar-refractivity contribution in [1.29, 1.82) is 0 Å². The van der Waals surface area contributed by atoms with E-state index in [-0.39, 0.29) is 0 Å². The molecule has 140 valence electrons. The molecule has 0 bridgehead atoms. The number of rotatable bonds is 18. The fourth-order valence-electron chi connectivity index (χ4n) is 2.20. The summed E-state index contributed by atoms with van der Waals surface area (Å²) in [6, 6.07) is 0. The van der Waals surface area contributed by atoms with E-state index in [0.717, 1.165) is 72.0 Å². The molecular formula is C15H40N8. The van der Waals surface area contributed by atoms with E-state index in [1.807, 2.05) is 0 Å². The van der Waals surface area contributed by atoms with Crippen LogP contribution in [0.2, 0.25) is 0 Å². The van der Waals surface area contributed by atoms with Gasteiger partial charge in [0.1, 0.15) is 0 Å². The minimum absolute atomic E-state index is 0.694. The first-order valence-electron chi connectivity index (χ1n) is 8.87. The zero-order valence-electron chi connectivity index (χ0n) is 15.0. The van der Waals surface area contributed by atoms with Crippen molar-refractivity contribution < 1.29 is 0 Å². The van der Waals surface area contributed by atoms with Gasteiger partial charge >= 0.3 is 0 Å². The topological polar surface area (TPSA) is 121 Å². The Hall–Kier alpha value is -0.320. The van der Waals surface area contributed by atoms with Crippen LogP contribution in [0.25, 0.3) is 0 Å². The van der Waals surface area contributed by atoms with Crippen LogP contribution in [0.3, 0.4) is 0 Å². The second-order valence-corrected chi connectivity index (χ2v) is 5.76. The van der Waals surface area contributed by atoms with E-state index in [1.54, 1.807) is 0 Å². The van der Waals surface area contributed by atoms with E-state index in [4.69, 9.17) is 17.2 Å². The molecule has 0 aliphatic heterocycles. The summed E-state index contributed by atoms with van der Waals surface area (Å²) in [4.78, 5) is 4.77. The van der Waals surface area contributed by atoms with Crippen LogP contribution >= 0.6 is 0 Å². The molecule has 0 amide bonds. The molecule has 0 heterocycles. The quantitative estimate of drug-likeness (QED) is 0.146. The highest BCUT2D eigenvalue weighted by Crippen LogP contribution is 1.89. The normalized spacial score (nSPS) is 11.7. The van der Waals surface area contributed by atoms with Crippen LogP contribution in [-0.2, 0) is 0 Å². The van der Waals surface area contributed by atoms with Gasteiger partial charge < -0.3 is 38.1 Å². The van der Waals surface area contributed by atoms with Gasteiger partial charge in [-0.25, -0.2) is 0 Å². The summed E-state index contributed by atoms with van der Waals surface area (Å²) < 4.78 is 0. The van der Waals surface area contributed by atoms with Gasteiger partial charge in [0.15, 0.2) is 0 Å². The minimum Gasteiger partial charge on any atom is -0.329 e. The van der Waals surface area contributed by atoms with Gasteiger partial charge in [0.05, 0.1) is 0 Å². The Labute approximate surface area is 142 Å². The molecule has 0 aromatic carbocycles. The standard InChI is InChI=1S/C15H40N8/c1-22(12-9-20-6-3-17)14-15-23(11-4-18)13-10-21-8-7-19-5-2-16/h19-21H,2-18H2,1H3. The van der Waals surface area contributed by atoms with Crippen LogP contribution < -0.4 is 33.2 Å². The van der Waals surface area contributed by atoms with Crippen LogP contribution in [-0.4, -0.2) is 108 Å². The van der Waals surface area contributed by atoms with Crippen molar-refractivity contribution in [2.24, 2.45) is 17.2 Å². The summed E-state index contributed by atoms with van der Waals surface area (Å²) in [5, 5.41) is 10.0. The van der Waals surface area contributed by atoms with E-state index < -0.39 is 0 Å². The fourth-order valence-corrected chi connectivity index (χ4v) is 2.20. The van der Waals surface area contributed by atoms with Gasteiger partial charge in [-0.1, -0.05) is 0 Å². The summed E-state index contributed by atoms with van der Waals surface area (Å²) in [7, 11) is 2.16. The number of hydrogen-bond acceptors (Lipinski definition) is 8. The average Bonchev–Trinajstić information content (AvgIpc) is 2.55. The Kier molecular flexibility index (Phi) is 17.8. The molecular weight excluding hydrogens is 292 g/mol. The highest BCUT2D eigenvalue weighted by Gasteiger charge is 2.05. The first-order valence-corrected chi connectivity index (χ1v) is 8.87. The molecule has 0 aromatic rings. The molecule has 8 nitrogen and oxygen atoms in total. The van der Waals surface area contributed by atoms with E-state index in [9.17, 15) is 0 Å². The number of nitrogens with one attached hydrogen (secondary N) is 3. The van der Waals surface area contributed by atoms with Gasteiger partial charge in [0.2, 0.25) is 0 Å². The molecule has 8 heteroatoms. The third-order valence-electron chi connectivity index (χ3n) is 3.64. The van der Waals surface area contributed by atoms with E-state index >= 15 is 0 Å². The first-order chi connectivity index (χ1) is 11.2. The van der Waals surface area contributed by atoms with Gasteiger partial charge in [0.25, 0.3) is 0 Å². The molecule has 9 N–H and O–H groups in total. The predicted octanol–water partition coefficient (Wildman–Crippen LogP) is -3.13. The lowest BCUT2D eigenvalue weighted by Gasteiger charge is -2.25. The highest BCUT2D eigenvalue weighted by molar-refractivity contribution is 4.64. The summed E-state index contributed by atoms with van der Waals surface area (Å²) in [5.74, 6) is 0. The Balaban J connectivity index is 3.63. The van der Waals surface area contributed by atoms with Crippen molar-refractivity contribution in [3.63, 3.8) is 0 Å². The SMILES string of the molecule is CN(CCNCCN)CCN(CCN)CCNCCNCCN. The zero-order valence-corrected chi connectivity index (χ0v) is 15.0. The van der Waals surface area contributed by atoms with Crippen molar-refractivity contribution in [2.75, 3.05) is 98.7 Å². The first kappa shape index (κ1) is 22.7. The van der Waals surface area contributed by atoms with Crippen LogP contribution in [0.1, 0.15) is 0 Å². The van der Waals surface area contributed by atoms with Gasteiger partial charge in [-0.2, -0.15) is 0 Å². The predicted molar refractivity (Wildman–Crippen MR) is 99.7 cm³/mol. The Morgan fingerprint density at radius 1 is 0.565 bits per heavy atom. The molecule has 0 saturated heterocycles. The van der Waals surface area contributed by atoms with Crippen molar-refractivity contribution >= 4 is 0 Å². The molecule has 0 aliphatic carbocycles. The zero-order chi connectivity index (χ0) is 17.2. The molecule has 0 atom stereocenters. The largest absolute Gasteiger partial charge is 0.329 e. The molecule has 0 rings (SSSR count). The summed E-state index contributed by atoms with van der Waals surface area (Å²) in [5.41, 5.74) is 16.6. The monoisotopic (exact) mass is 332 g/mol. The van der Waals surface area contributed by atoms with Crippen LogP contribution in [0.5, 0.6) is 0 Å². The number of nitrogens with two attached hydrogens (primary N) is 3. The maximum Gasteiger partial charge on any atom is 0.0110 e. The van der Waals surface area contributed by atoms with Gasteiger partial charge in [0, 0.05) is 91.6 Å². The van der Waals surface area contributed by atoms with E-state index in [0.29, 0.717) is 19.6 Å². The van der Waals surface area contributed by atoms with Crippen LogP contribution in [0.4, 0.5) is 0 Å². The lowest BCUT2D eigenvalue weighted by atomic mass is 10.4. The molecule has 0 saturated carbocycles. The van der Waals surface area contributed by atoms with E-state index in [1.165, 1.54) is 0 Å². The minimum atomic E-state index is 0.694. The third-order valence-corrected chi connectivity index (χ3v) is 3.64. The molecule has 0 aromatic heterocycles. The van der Waals surface area contributed by atoms with E-state index in [2.05, 4.69) is 32.8 Å². The van der Waals surface area contributed by atoms with Gasteiger partial charge in [-0.3, -0.25) is 4.90 Å². The van der Waals surface area contributed by atoms with Crippen molar-refractivity contribution in [1.82, 2.24) is 25.8 Å². The second kappa shape index (κ2) is 18.0. The Morgan fingerprint density at radius 3 is 1.74 bits per heavy atom. The van der Waals surface area contributed by atoms with Gasteiger partial charge in [-0.15, -0.1) is 0 Å². The molecule has 0 spiro atoms. The molecule has 23 heavy (non-hydrogen) atoms. The molecule has 0 aliphatic rings. The number of hydrogen-bond donors (Lipinski definition) is 6. The van der Waals surface area contributed by atoms with Crippen LogP contribution in [0, 0.1) is 0 Å². The second-order valence-electron chi connectivity index (χ2n) is 5.76. The van der Waals surface area contributed by atoms with Crippen molar-refractivity contribution in [3.05, 3.63) is 0 Å². The summed E-state index contributed by atoms with van der Waals surface area (Å²) in [6.07, 6.45) is 0. The lowest BCUT2D eigenvalue weighted by Crippen LogP contribution is -2.42. The maximum atomic E-state index is 5.72. The lowest BCUT2D eigenvalue weighted by molar-refractivity contribution is 0.229. The summed E-state index contributed by atoms with van der Waals surface area (Å²) in [6.45, 7) is 12.9. The average molecular weight is 333 g/mol. The Bertz CT molecular complexity index is 230. The molecule has 0 unspecified atom stereocenters. The molecule has 0 fully saturated rings. The molecule has 0 radical (unpaired) electrons. The Morgan fingerprint density at radius 2 is 1.13 bits per heavy atom. The maximum absolute atomic E-state index is 5.72. The highest BCUT2D eigenvalue weighted by atomic mass is 15.2. The fraction of sp³-hybridized carbons (Fsp3) is 1.00. The summed E-state index contributed by atoms with van der Waals surface area (Å²) >= 11 is 0. The number of likely N-dealkylation sites (N-methyl/N-ethyl adjacent to an activating group) is 1. The van der Waals surface area contributed by atoms with Crippen molar-refractivity contribution in [3.8, 4) is 0 Å². The van der Waals surface area contributed by atoms with Crippen molar-refractivity contribution in [2.45, 2.75) is 0 Å². The smallest absolute Gasteiger partial charge is 0.0110 e.